The van der Waals surface area contributed by atoms with E-state index in [1.54, 1.807) is 37.4 Å². The molecule has 2 rings (SSSR count). The molecule has 0 spiro atoms. The van der Waals surface area contributed by atoms with Gasteiger partial charge in [-0.3, -0.25) is 9.59 Å². The van der Waals surface area contributed by atoms with Crippen LogP contribution in [0.3, 0.4) is 0 Å². The Balaban J connectivity index is 1.98. The van der Waals surface area contributed by atoms with Crippen molar-refractivity contribution in [2.75, 3.05) is 5.32 Å². The summed E-state index contributed by atoms with van der Waals surface area (Å²) in [7, 11) is 0. The molecule has 0 aliphatic rings. The molecule has 110 valence electrons. The SMILES string of the molecule is Cc1ccc(NC(=O)C(C)NC(=O)c2cccs2)c(F)c1. The summed E-state index contributed by atoms with van der Waals surface area (Å²) < 4.78 is 13.7. The van der Waals surface area contributed by atoms with Gasteiger partial charge in [0, 0.05) is 0 Å². The molecule has 0 bridgehead atoms. The van der Waals surface area contributed by atoms with E-state index in [-0.39, 0.29) is 11.6 Å². The predicted molar refractivity (Wildman–Crippen MR) is 81.0 cm³/mol. The highest BCUT2D eigenvalue weighted by Crippen LogP contribution is 2.15. The largest absolute Gasteiger partial charge is 0.340 e. The third-order valence-electron chi connectivity index (χ3n) is 2.87. The molecule has 6 heteroatoms. The number of amides is 2. The predicted octanol–water partition coefficient (Wildman–Crippen LogP) is 2.95. The number of hydrogen-bond acceptors (Lipinski definition) is 3. The minimum absolute atomic E-state index is 0.0998. The summed E-state index contributed by atoms with van der Waals surface area (Å²) in [6.07, 6.45) is 0. The second-order valence-electron chi connectivity index (χ2n) is 4.65. The molecule has 2 N–H and O–H groups in total. The molecule has 1 aromatic carbocycles. The number of carbonyl (C=O) groups excluding carboxylic acids is 2. The molecule has 0 fully saturated rings. The minimum atomic E-state index is -0.764. The van der Waals surface area contributed by atoms with Crippen LogP contribution in [0.2, 0.25) is 0 Å². The Hall–Kier alpha value is -2.21. The number of nitrogens with one attached hydrogen (secondary N) is 2. The smallest absolute Gasteiger partial charge is 0.261 e. The second kappa shape index (κ2) is 6.49. The van der Waals surface area contributed by atoms with Crippen LogP contribution in [0.5, 0.6) is 0 Å². The highest BCUT2D eigenvalue weighted by atomic mass is 32.1. The lowest BCUT2D eigenvalue weighted by Gasteiger charge is -2.14. The maximum Gasteiger partial charge on any atom is 0.261 e. The summed E-state index contributed by atoms with van der Waals surface area (Å²) in [4.78, 5) is 24.3. The normalized spacial score (nSPS) is 11.8. The van der Waals surface area contributed by atoms with Gasteiger partial charge < -0.3 is 10.6 Å². The van der Waals surface area contributed by atoms with Gasteiger partial charge in [0.15, 0.2) is 0 Å². The van der Waals surface area contributed by atoms with Gasteiger partial charge in [0.25, 0.3) is 5.91 Å². The summed E-state index contributed by atoms with van der Waals surface area (Å²) in [6.45, 7) is 3.31. The fourth-order valence-electron chi connectivity index (χ4n) is 1.70. The lowest BCUT2D eigenvalue weighted by molar-refractivity contribution is -0.117. The van der Waals surface area contributed by atoms with E-state index >= 15 is 0 Å². The summed E-state index contributed by atoms with van der Waals surface area (Å²) >= 11 is 1.29. The lowest BCUT2D eigenvalue weighted by Crippen LogP contribution is -2.41. The van der Waals surface area contributed by atoms with Gasteiger partial charge in [-0.25, -0.2) is 4.39 Å². The van der Waals surface area contributed by atoms with Gasteiger partial charge in [-0.1, -0.05) is 12.1 Å². The van der Waals surface area contributed by atoms with Crippen molar-refractivity contribution in [3.63, 3.8) is 0 Å². The quantitative estimate of drug-likeness (QED) is 0.912. The van der Waals surface area contributed by atoms with Crippen molar-refractivity contribution >= 4 is 28.8 Å². The molecule has 4 nitrogen and oxygen atoms in total. The summed E-state index contributed by atoms with van der Waals surface area (Å²) in [5, 5.41) is 6.81. The van der Waals surface area contributed by atoms with Crippen LogP contribution in [-0.2, 0) is 4.79 Å². The molecule has 2 aromatic rings. The van der Waals surface area contributed by atoms with Gasteiger partial charge >= 0.3 is 0 Å². The molecular formula is C15H15FN2O2S. The average molecular weight is 306 g/mol. The van der Waals surface area contributed by atoms with Gasteiger partial charge in [0.05, 0.1) is 10.6 Å². The monoisotopic (exact) mass is 306 g/mol. The average Bonchev–Trinajstić information content (AvgIpc) is 2.95. The number of aryl methyl sites for hydroxylation is 1. The Morgan fingerprint density at radius 3 is 2.67 bits per heavy atom. The van der Waals surface area contributed by atoms with Crippen LogP contribution in [0.4, 0.5) is 10.1 Å². The van der Waals surface area contributed by atoms with Crippen LogP contribution >= 0.6 is 11.3 Å². The van der Waals surface area contributed by atoms with E-state index in [4.69, 9.17) is 0 Å². The number of thiophene rings is 1. The number of rotatable bonds is 4. The number of anilines is 1. The van der Waals surface area contributed by atoms with E-state index in [0.29, 0.717) is 4.88 Å². The van der Waals surface area contributed by atoms with Gasteiger partial charge in [0.2, 0.25) is 5.91 Å². The van der Waals surface area contributed by atoms with Gasteiger partial charge in [-0.15, -0.1) is 11.3 Å². The van der Waals surface area contributed by atoms with Crippen LogP contribution in [0.15, 0.2) is 35.7 Å². The third-order valence-corrected chi connectivity index (χ3v) is 3.74. The van der Waals surface area contributed by atoms with Crippen molar-refractivity contribution in [3.8, 4) is 0 Å². The topological polar surface area (TPSA) is 58.2 Å². The second-order valence-corrected chi connectivity index (χ2v) is 5.59. The first-order chi connectivity index (χ1) is 9.97. The molecule has 0 saturated carbocycles. The Morgan fingerprint density at radius 1 is 1.29 bits per heavy atom. The first-order valence-corrected chi connectivity index (χ1v) is 7.26. The summed E-state index contributed by atoms with van der Waals surface area (Å²) in [5.74, 6) is -1.29. The molecule has 1 atom stereocenters. The van der Waals surface area contributed by atoms with Gasteiger partial charge in [-0.05, 0) is 43.0 Å². The summed E-state index contributed by atoms with van der Waals surface area (Å²) in [6, 6.07) is 7.20. The molecule has 0 saturated heterocycles. The fourth-order valence-corrected chi connectivity index (χ4v) is 2.33. The standard InChI is InChI=1S/C15H15FN2O2S/c1-9-5-6-12(11(16)8-9)18-14(19)10(2)17-15(20)13-4-3-7-21-13/h3-8,10H,1-2H3,(H,17,20)(H,18,19). The van der Waals surface area contributed by atoms with Crippen LogP contribution in [0.1, 0.15) is 22.2 Å². The zero-order valence-corrected chi connectivity index (χ0v) is 12.5. The molecule has 2 amide bonds. The maximum atomic E-state index is 13.7. The number of benzene rings is 1. The first-order valence-electron chi connectivity index (χ1n) is 6.39. The number of halogens is 1. The van der Waals surface area contributed by atoms with Crippen LogP contribution in [0.25, 0.3) is 0 Å². The molecule has 0 aliphatic heterocycles. The minimum Gasteiger partial charge on any atom is -0.340 e. The molecular weight excluding hydrogens is 291 g/mol. The van der Waals surface area contributed by atoms with Crippen molar-refractivity contribution in [3.05, 3.63) is 52.0 Å². The van der Waals surface area contributed by atoms with E-state index in [9.17, 15) is 14.0 Å². The van der Waals surface area contributed by atoms with Crippen LogP contribution in [0, 0.1) is 12.7 Å². The van der Waals surface area contributed by atoms with E-state index in [2.05, 4.69) is 10.6 Å². The van der Waals surface area contributed by atoms with Crippen molar-refractivity contribution < 1.29 is 14.0 Å². The Bertz CT molecular complexity index is 656. The Labute approximate surface area is 126 Å². The number of carbonyl (C=O) groups is 2. The molecule has 1 heterocycles. The van der Waals surface area contributed by atoms with Crippen molar-refractivity contribution in [1.82, 2.24) is 5.32 Å². The highest BCUT2D eigenvalue weighted by molar-refractivity contribution is 7.12. The van der Waals surface area contributed by atoms with Gasteiger partial charge in [-0.2, -0.15) is 0 Å². The first kappa shape index (κ1) is 15.2. The highest BCUT2D eigenvalue weighted by Gasteiger charge is 2.18. The van der Waals surface area contributed by atoms with Crippen LogP contribution in [-0.4, -0.2) is 17.9 Å². The lowest BCUT2D eigenvalue weighted by atomic mass is 10.2. The van der Waals surface area contributed by atoms with Crippen molar-refractivity contribution in [1.29, 1.82) is 0 Å². The molecule has 21 heavy (non-hydrogen) atoms. The number of hydrogen-bond donors (Lipinski definition) is 2. The molecule has 0 radical (unpaired) electrons. The van der Waals surface area contributed by atoms with Gasteiger partial charge in [0.1, 0.15) is 11.9 Å². The van der Waals surface area contributed by atoms with E-state index in [0.717, 1.165) is 5.56 Å². The van der Waals surface area contributed by atoms with Crippen LogP contribution < -0.4 is 10.6 Å². The van der Waals surface area contributed by atoms with Crippen molar-refractivity contribution in [2.24, 2.45) is 0 Å². The molecule has 1 aromatic heterocycles. The summed E-state index contributed by atoms with van der Waals surface area (Å²) in [5.41, 5.74) is 0.868. The molecule has 1 unspecified atom stereocenters. The van der Waals surface area contributed by atoms with E-state index in [1.807, 2.05) is 0 Å². The van der Waals surface area contributed by atoms with E-state index < -0.39 is 17.8 Å². The van der Waals surface area contributed by atoms with Crippen molar-refractivity contribution in [2.45, 2.75) is 19.9 Å². The molecule has 0 aliphatic carbocycles. The third kappa shape index (κ3) is 3.88. The fraction of sp³-hybridized carbons (Fsp3) is 0.200. The maximum absolute atomic E-state index is 13.7. The zero-order chi connectivity index (χ0) is 15.4. The Morgan fingerprint density at radius 2 is 2.05 bits per heavy atom. The van der Waals surface area contributed by atoms with E-state index in [1.165, 1.54) is 23.5 Å². The Kier molecular flexibility index (Phi) is 4.70. The zero-order valence-electron chi connectivity index (χ0n) is 11.6.